The summed E-state index contributed by atoms with van der Waals surface area (Å²) in [5, 5.41) is 11.5. The number of fused-ring (bicyclic) bond motifs is 1. The standard InChI is InChI=1S/C10H16N2O4/c13-8(14)5-16-12-10(15)9-7-3-1-2-6(7)4-11-9/h6-7,9,11H,1-5H2,(H,12,15)(H,13,14). The van der Waals surface area contributed by atoms with E-state index in [2.05, 4.69) is 15.6 Å². The molecule has 0 aromatic heterocycles. The molecule has 6 nitrogen and oxygen atoms in total. The molecule has 2 aliphatic rings. The molecule has 3 atom stereocenters. The smallest absolute Gasteiger partial charge is 0.332 e. The zero-order chi connectivity index (χ0) is 11.5. The van der Waals surface area contributed by atoms with E-state index >= 15 is 0 Å². The fourth-order valence-corrected chi connectivity index (χ4v) is 2.71. The van der Waals surface area contributed by atoms with Gasteiger partial charge in [-0.1, -0.05) is 6.42 Å². The van der Waals surface area contributed by atoms with Crippen molar-refractivity contribution in [1.82, 2.24) is 10.8 Å². The van der Waals surface area contributed by atoms with E-state index in [0.29, 0.717) is 11.8 Å². The summed E-state index contributed by atoms with van der Waals surface area (Å²) in [6.45, 7) is 0.369. The molecule has 0 bridgehead atoms. The number of hydrogen-bond acceptors (Lipinski definition) is 4. The largest absolute Gasteiger partial charge is 0.479 e. The number of carbonyl (C=O) groups is 2. The molecule has 0 radical (unpaired) electrons. The Hall–Kier alpha value is -1.14. The quantitative estimate of drug-likeness (QED) is 0.565. The van der Waals surface area contributed by atoms with E-state index < -0.39 is 12.6 Å². The van der Waals surface area contributed by atoms with Crippen molar-refractivity contribution < 1.29 is 19.5 Å². The number of nitrogens with one attached hydrogen (secondary N) is 2. The Morgan fingerprint density at radius 2 is 2.25 bits per heavy atom. The molecule has 0 aromatic rings. The molecule has 90 valence electrons. The van der Waals surface area contributed by atoms with Crippen molar-refractivity contribution in [1.29, 1.82) is 0 Å². The van der Waals surface area contributed by atoms with Crippen molar-refractivity contribution in [3.8, 4) is 0 Å². The van der Waals surface area contributed by atoms with Crippen LogP contribution in [0.5, 0.6) is 0 Å². The molecule has 1 heterocycles. The number of aliphatic carboxylic acids is 1. The van der Waals surface area contributed by atoms with Crippen LogP contribution in [0.3, 0.4) is 0 Å². The van der Waals surface area contributed by atoms with Gasteiger partial charge in [0, 0.05) is 0 Å². The summed E-state index contributed by atoms with van der Waals surface area (Å²) in [6, 6.07) is -0.221. The second-order valence-corrected chi connectivity index (χ2v) is 4.39. The summed E-state index contributed by atoms with van der Waals surface area (Å²) in [7, 11) is 0. The van der Waals surface area contributed by atoms with Crippen LogP contribution in [0.25, 0.3) is 0 Å². The molecule has 1 aliphatic carbocycles. The SMILES string of the molecule is O=C(O)CONC(=O)C1NCC2CCCC21. The molecular formula is C10H16N2O4. The molecule has 1 saturated carbocycles. The first-order valence-corrected chi connectivity index (χ1v) is 5.55. The predicted octanol–water partition coefficient (Wildman–Crippen LogP) is -0.493. The van der Waals surface area contributed by atoms with Gasteiger partial charge in [-0.3, -0.25) is 9.63 Å². The van der Waals surface area contributed by atoms with Crippen molar-refractivity contribution in [2.24, 2.45) is 11.8 Å². The topological polar surface area (TPSA) is 87.7 Å². The van der Waals surface area contributed by atoms with Gasteiger partial charge in [0.2, 0.25) is 0 Å². The maximum Gasteiger partial charge on any atom is 0.332 e. The first kappa shape index (κ1) is 11.3. The summed E-state index contributed by atoms with van der Waals surface area (Å²) in [5.41, 5.74) is 2.19. The zero-order valence-electron chi connectivity index (χ0n) is 8.94. The van der Waals surface area contributed by atoms with Crippen LogP contribution in [-0.2, 0) is 14.4 Å². The third kappa shape index (κ3) is 2.33. The van der Waals surface area contributed by atoms with Crippen molar-refractivity contribution >= 4 is 11.9 Å². The third-order valence-electron chi connectivity index (χ3n) is 3.40. The Balaban J connectivity index is 1.79. The van der Waals surface area contributed by atoms with Gasteiger partial charge in [-0.2, -0.15) is 0 Å². The summed E-state index contributed by atoms with van der Waals surface area (Å²) in [4.78, 5) is 26.4. The molecule has 16 heavy (non-hydrogen) atoms. The van der Waals surface area contributed by atoms with Crippen LogP contribution < -0.4 is 10.8 Å². The van der Waals surface area contributed by atoms with Gasteiger partial charge in [-0.05, 0) is 31.2 Å². The van der Waals surface area contributed by atoms with Crippen LogP contribution in [0.15, 0.2) is 0 Å². The fraction of sp³-hybridized carbons (Fsp3) is 0.800. The van der Waals surface area contributed by atoms with Crippen molar-refractivity contribution in [3.05, 3.63) is 0 Å². The lowest BCUT2D eigenvalue weighted by Crippen LogP contribution is -2.44. The maximum atomic E-state index is 11.7. The molecular weight excluding hydrogens is 212 g/mol. The summed E-state index contributed by atoms with van der Waals surface area (Å²) >= 11 is 0. The van der Waals surface area contributed by atoms with Gasteiger partial charge in [0.15, 0.2) is 6.61 Å². The molecule has 1 saturated heterocycles. The van der Waals surface area contributed by atoms with Gasteiger partial charge in [0.1, 0.15) is 0 Å². The molecule has 2 rings (SSSR count). The van der Waals surface area contributed by atoms with Crippen molar-refractivity contribution in [2.45, 2.75) is 25.3 Å². The normalized spacial score (nSPS) is 32.4. The van der Waals surface area contributed by atoms with Crippen molar-refractivity contribution in [2.75, 3.05) is 13.2 Å². The van der Waals surface area contributed by atoms with E-state index in [9.17, 15) is 9.59 Å². The van der Waals surface area contributed by atoms with Crippen LogP contribution >= 0.6 is 0 Å². The monoisotopic (exact) mass is 228 g/mol. The number of carboxylic acid groups (broad SMARTS) is 1. The first-order valence-electron chi connectivity index (χ1n) is 5.55. The minimum atomic E-state index is -1.10. The summed E-state index contributed by atoms with van der Waals surface area (Å²) in [5.74, 6) is -0.377. The zero-order valence-corrected chi connectivity index (χ0v) is 8.94. The van der Waals surface area contributed by atoms with Gasteiger partial charge in [0.25, 0.3) is 5.91 Å². The van der Waals surface area contributed by atoms with E-state index in [1.165, 1.54) is 12.8 Å². The van der Waals surface area contributed by atoms with Gasteiger partial charge in [0.05, 0.1) is 6.04 Å². The highest BCUT2D eigenvalue weighted by molar-refractivity contribution is 5.81. The second kappa shape index (κ2) is 4.80. The first-order chi connectivity index (χ1) is 7.68. The Morgan fingerprint density at radius 3 is 3.00 bits per heavy atom. The van der Waals surface area contributed by atoms with Gasteiger partial charge in [-0.25, -0.2) is 10.3 Å². The molecule has 0 spiro atoms. The molecule has 2 fully saturated rings. The van der Waals surface area contributed by atoms with E-state index in [0.717, 1.165) is 13.0 Å². The minimum absolute atomic E-state index is 0.221. The number of carbonyl (C=O) groups excluding carboxylic acids is 1. The predicted molar refractivity (Wildman–Crippen MR) is 54.4 cm³/mol. The maximum absolute atomic E-state index is 11.7. The Kier molecular flexibility index (Phi) is 3.40. The van der Waals surface area contributed by atoms with Crippen LogP contribution in [0.2, 0.25) is 0 Å². The van der Waals surface area contributed by atoms with Crippen LogP contribution in [0, 0.1) is 11.8 Å². The highest BCUT2D eigenvalue weighted by Gasteiger charge is 2.42. The second-order valence-electron chi connectivity index (χ2n) is 4.39. The fourth-order valence-electron chi connectivity index (χ4n) is 2.71. The number of rotatable bonds is 4. The lowest BCUT2D eigenvalue weighted by Gasteiger charge is -2.16. The van der Waals surface area contributed by atoms with Crippen LogP contribution in [0.1, 0.15) is 19.3 Å². The molecule has 0 aromatic carbocycles. The lowest BCUT2D eigenvalue weighted by molar-refractivity contribution is -0.150. The molecule has 1 aliphatic heterocycles. The van der Waals surface area contributed by atoms with Gasteiger partial charge in [-0.15, -0.1) is 0 Å². The highest BCUT2D eigenvalue weighted by atomic mass is 16.7. The van der Waals surface area contributed by atoms with Gasteiger partial charge < -0.3 is 10.4 Å². The van der Waals surface area contributed by atoms with E-state index in [-0.39, 0.29) is 11.9 Å². The van der Waals surface area contributed by atoms with Gasteiger partial charge >= 0.3 is 5.97 Å². The average molecular weight is 228 g/mol. The average Bonchev–Trinajstić information content (AvgIpc) is 2.76. The van der Waals surface area contributed by atoms with Crippen LogP contribution in [0.4, 0.5) is 0 Å². The Morgan fingerprint density at radius 1 is 1.44 bits per heavy atom. The van der Waals surface area contributed by atoms with E-state index in [4.69, 9.17) is 5.11 Å². The van der Waals surface area contributed by atoms with E-state index in [1.807, 2.05) is 0 Å². The molecule has 6 heteroatoms. The lowest BCUT2D eigenvalue weighted by atomic mass is 9.94. The number of hydrogen-bond donors (Lipinski definition) is 3. The molecule has 1 amide bonds. The third-order valence-corrected chi connectivity index (χ3v) is 3.40. The Bertz CT molecular complexity index is 295. The van der Waals surface area contributed by atoms with Crippen molar-refractivity contribution in [3.63, 3.8) is 0 Å². The number of hydroxylamine groups is 1. The number of carboxylic acids is 1. The summed E-state index contributed by atoms with van der Waals surface area (Å²) < 4.78 is 0. The van der Waals surface area contributed by atoms with E-state index in [1.54, 1.807) is 0 Å². The molecule has 3 N–H and O–H groups in total. The highest BCUT2D eigenvalue weighted by Crippen LogP contribution is 2.37. The number of amides is 1. The summed E-state index contributed by atoms with van der Waals surface area (Å²) in [6.07, 6.45) is 3.42. The Labute approximate surface area is 93.3 Å². The van der Waals surface area contributed by atoms with Crippen LogP contribution in [-0.4, -0.2) is 36.2 Å². The minimum Gasteiger partial charge on any atom is -0.479 e. The molecule has 3 unspecified atom stereocenters.